The van der Waals surface area contributed by atoms with Crippen molar-refractivity contribution in [2.24, 2.45) is 0 Å². The van der Waals surface area contributed by atoms with Gasteiger partial charge in [0, 0.05) is 4.88 Å². The third-order valence-electron chi connectivity index (χ3n) is 2.39. The molecule has 0 bridgehead atoms. The number of aryl methyl sites for hydroxylation is 1. The van der Waals surface area contributed by atoms with E-state index < -0.39 is 5.97 Å². The summed E-state index contributed by atoms with van der Waals surface area (Å²) in [5.74, 6) is -1.17. The van der Waals surface area contributed by atoms with Gasteiger partial charge in [-0.05, 0) is 41.6 Å². The molecule has 0 saturated carbocycles. The van der Waals surface area contributed by atoms with Crippen molar-refractivity contribution in [3.05, 3.63) is 52.2 Å². The second kappa shape index (κ2) is 4.97. The van der Waals surface area contributed by atoms with E-state index in [-0.39, 0.29) is 0 Å². The molecule has 0 aliphatic rings. The summed E-state index contributed by atoms with van der Waals surface area (Å²) in [5.41, 5.74) is 3.47. The standard InChI is InChI=1S/C14H12O2S/c1-10-2-4-11(5-3-10)12-8-13(17-9-12)6-7-14(15)16/h2-9H,1H3,(H,15,16)/p-1/b7-6+. The van der Waals surface area contributed by atoms with Crippen LogP contribution in [0.1, 0.15) is 10.4 Å². The number of carbonyl (C=O) groups is 1. The van der Waals surface area contributed by atoms with Crippen molar-refractivity contribution in [3.63, 3.8) is 0 Å². The lowest BCUT2D eigenvalue weighted by Crippen LogP contribution is -2.18. The fourth-order valence-corrected chi connectivity index (χ4v) is 2.30. The van der Waals surface area contributed by atoms with Gasteiger partial charge in [0.15, 0.2) is 0 Å². The number of benzene rings is 1. The summed E-state index contributed by atoms with van der Waals surface area (Å²) >= 11 is 1.51. The monoisotopic (exact) mass is 243 g/mol. The Morgan fingerprint density at radius 3 is 2.59 bits per heavy atom. The molecular weight excluding hydrogens is 232 g/mol. The Bertz CT molecular complexity index is 550. The van der Waals surface area contributed by atoms with E-state index >= 15 is 0 Å². The van der Waals surface area contributed by atoms with Gasteiger partial charge in [0.05, 0.1) is 5.97 Å². The molecule has 0 amide bonds. The molecule has 1 heterocycles. The van der Waals surface area contributed by atoms with Crippen LogP contribution in [0.15, 0.2) is 41.8 Å². The van der Waals surface area contributed by atoms with Gasteiger partial charge in [0.25, 0.3) is 0 Å². The zero-order valence-electron chi connectivity index (χ0n) is 9.34. The number of thiophene rings is 1. The minimum Gasteiger partial charge on any atom is -0.545 e. The predicted molar refractivity (Wildman–Crippen MR) is 68.5 cm³/mol. The molecule has 0 atom stereocenters. The number of carboxylic acid groups (broad SMARTS) is 1. The van der Waals surface area contributed by atoms with Crippen LogP contribution in [-0.2, 0) is 4.79 Å². The maximum absolute atomic E-state index is 10.3. The molecule has 0 fully saturated rings. The number of hydrogen-bond acceptors (Lipinski definition) is 3. The molecule has 3 heteroatoms. The van der Waals surface area contributed by atoms with Gasteiger partial charge in [0.1, 0.15) is 0 Å². The van der Waals surface area contributed by atoms with Crippen LogP contribution in [0.3, 0.4) is 0 Å². The van der Waals surface area contributed by atoms with Crippen molar-refractivity contribution < 1.29 is 9.90 Å². The van der Waals surface area contributed by atoms with Gasteiger partial charge in [-0.2, -0.15) is 0 Å². The Balaban J connectivity index is 2.23. The average Bonchev–Trinajstić information content (AvgIpc) is 2.76. The molecule has 86 valence electrons. The lowest BCUT2D eigenvalue weighted by atomic mass is 10.1. The van der Waals surface area contributed by atoms with E-state index in [4.69, 9.17) is 0 Å². The van der Waals surface area contributed by atoms with Crippen LogP contribution >= 0.6 is 11.3 Å². The summed E-state index contributed by atoms with van der Waals surface area (Å²) in [6.45, 7) is 2.05. The number of carboxylic acids is 1. The summed E-state index contributed by atoms with van der Waals surface area (Å²) < 4.78 is 0. The highest BCUT2D eigenvalue weighted by molar-refractivity contribution is 7.11. The van der Waals surface area contributed by atoms with Crippen LogP contribution in [0.2, 0.25) is 0 Å². The fraction of sp³-hybridized carbons (Fsp3) is 0.0714. The topological polar surface area (TPSA) is 40.1 Å². The van der Waals surface area contributed by atoms with Crippen molar-refractivity contribution in [1.29, 1.82) is 0 Å². The summed E-state index contributed by atoms with van der Waals surface area (Å²) in [6.07, 6.45) is 2.60. The minimum atomic E-state index is -1.17. The van der Waals surface area contributed by atoms with Crippen molar-refractivity contribution in [2.45, 2.75) is 6.92 Å². The lowest BCUT2D eigenvalue weighted by molar-refractivity contribution is -0.297. The van der Waals surface area contributed by atoms with Gasteiger partial charge < -0.3 is 9.90 Å². The Labute approximate surface area is 104 Å². The number of carbonyl (C=O) groups excluding carboxylic acids is 1. The van der Waals surface area contributed by atoms with Crippen molar-refractivity contribution in [3.8, 4) is 11.1 Å². The molecule has 0 radical (unpaired) electrons. The smallest absolute Gasteiger partial charge is 0.0643 e. The molecule has 0 N–H and O–H groups in total. The highest BCUT2D eigenvalue weighted by Gasteiger charge is 2.00. The van der Waals surface area contributed by atoms with Crippen LogP contribution < -0.4 is 5.11 Å². The molecule has 1 aromatic heterocycles. The van der Waals surface area contributed by atoms with E-state index in [0.717, 1.165) is 22.1 Å². The number of hydrogen-bond donors (Lipinski definition) is 0. The van der Waals surface area contributed by atoms with E-state index in [0.29, 0.717) is 0 Å². The molecule has 2 rings (SSSR count). The van der Waals surface area contributed by atoms with Crippen LogP contribution in [0.4, 0.5) is 0 Å². The first kappa shape index (κ1) is 11.6. The first-order chi connectivity index (χ1) is 8.15. The second-order valence-corrected chi connectivity index (χ2v) is 4.70. The Hall–Kier alpha value is -1.87. The lowest BCUT2D eigenvalue weighted by Gasteiger charge is -1.97. The average molecular weight is 243 g/mol. The molecule has 0 aliphatic heterocycles. The van der Waals surface area contributed by atoms with Crippen molar-refractivity contribution >= 4 is 23.4 Å². The predicted octanol–water partition coefficient (Wildman–Crippen LogP) is 2.49. The fourth-order valence-electron chi connectivity index (χ4n) is 1.49. The Morgan fingerprint density at radius 1 is 1.24 bits per heavy atom. The van der Waals surface area contributed by atoms with Crippen LogP contribution in [0.25, 0.3) is 17.2 Å². The zero-order valence-corrected chi connectivity index (χ0v) is 10.2. The quantitative estimate of drug-likeness (QED) is 0.777. The summed E-state index contributed by atoms with van der Waals surface area (Å²) in [7, 11) is 0. The summed E-state index contributed by atoms with van der Waals surface area (Å²) in [6, 6.07) is 10.2. The minimum absolute atomic E-state index is 0.907. The molecular formula is C14H11O2S-. The van der Waals surface area contributed by atoms with E-state index in [1.54, 1.807) is 6.08 Å². The van der Waals surface area contributed by atoms with Crippen LogP contribution in [0.5, 0.6) is 0 Å². The van der Waals surface area contributed by atoms with E-state index in [1.165, 1.54) is 16.9 Å². The number of aliphatic carboxylic acids is 1. The van der Waals surface area contributed by atoms with Gasteiger partial charge in [-0.3, -0.25) is 0 Å². The third-order valence-corrected chi connectivity index (χ3v) is 3.29. The summed E-state index contributed by atoms with van der Waals surface area (Å²) in [4.78, 5) is 11.2. The second-order valence-electron chi connectivity index (χ2n) is 3.76. The van der Waals surface area contributed by atoms with Crippen LogP contribution in [0, 0.1) is 6.92 Å². The third kappa shape index (κ3) is 3.04. The van der Waals surface area contributed by atoms with Crippen molar-refractivity contribution in [2.75, 3.05) is 0 Å². The van der Waals surface area contributed by atoms with E-state index in [2.05, 4.69) is 24.3 Å². The van der Waals surface area contributed by atoms with Gasteiger partial charge >= 0.3 is 0 Å². The molecule has 1 aromatic carbocycles. The Morgan fingerprint density at radius 2 is 1.94 bits per heavy atom. The van der Waals surface area contributed by atoms with E-state index in [1.807, 2.05) is 18.4 Å². The number of rotatable bonds is 3. The largest absolute Gasteiger partial charge is 0.545 e. The van der Waals surface area contributed by atoms with Crippen LogP contribution in [-0.4, -0.2) is 5.97 Å². The van der Waals surface area contributed by atoms with Gasteiger partial charge in [-0.25, -0.2) is 0 Å². The molecule has 2 aromatic rings. The SMILES string of the molecule is Cc1ccc(-c2csc(/C=C/C(=O)[O-])c2)cc1. The molecule has 17 heavy (non-hydrogen) atoms. The van der Waals surface area contributed by atoms with Gasteiger partial charge in [0.2, 0.25) is 0 Å². The highest BCUT2D eigenvalue weighted by atomic mass is 32.1. The highest BCUT2D eigenvalue weighted by Crippen LogP contribution is 2.26. The molecule has 0 aliphatic carbocycles. The van der Waals surface area contributed by atoms with Gasteiger partial charge in [-0.1, -0.05) is 29.8 Å². The Kier molecular flexibility index (Phi) is 3.40. The first-order valence-electron chi connectivity index (χ1n) is 5.20. The van der Waals surface area contributed by atoms with Gasteiger partial charge in [-0.15, -0.1) is 11.3 Å². The molecule has 0 unspecified atom stereocenters. The molecule has 0 saturated heterocycles. The first-order valence-corrected chi connectivity index (χ1v) is 6.08. The zero-order chi connectivity index (χ0) is 12.3. The maximum atomic E-state index is 10.3. The molecule has 0 spiro atoms. The molecule has 2 nitrogen and oxygen atoms in total. The normalized spacial score (nSPS) is 10.9. The maximum Gasteiger partial charge on any atom is 0.0643 e. The summed E-state index contributed by atoms with van der Waals surface area (Å²) in [5, 5.41) is 12.3. The van der Waals surface area contributed by atoms with E-state index in [9.17, 15) is 9.90 Å². The van der Waals surface area contributed by atoms with Crippen molar-refractivity contribution in [1.82, 2.24) is 0 Å².